The Kier molecular flexibility index (Phi) is 5.73. The summed E-state index contributed by atoms with van der Waals surface area (Å²) in [6.07, 6.45) is 5.81. The minimum atomic E-state index is 0.739. The van der Waals surface area contributed by atoms with Crippen molar-refractivity contribution in [1.82, 2.24) is 25.1 Å². The van der Waals surface area contributed by atoms with E-state index in [0.29, 0.717) is 0 Å². The molecule has 0 amide bonds. The summed E-state index contributed by atoms with van der Waals surface area (Å²) in [5.41, 5.74) is 3.07. The third-order valence-corrected chi connectivity index (χ3v) is 8.21. The van der Waals surface area contributed by atoms with E-state index in [-0.39, 0.29) is 0 Å². The largest absolute Gasteiger partial charge is 0.378 e. The molecule has 33 heavy (non-hydrogen) atoms. The van der Waals surface area contributed by atoms with Gasteiger partial charge in [-0.1, -0.05) is 25.5 Å². The Labute approximate surface area is 197 Å². The van der Waals surface area contributed by atoms with E-state index in [9.17, 15) is 0 Å². The topological polar surface area (TPSA) is 70.2 Å². The molecule has 1 N–H and O–H groups in total. The van der Waals surface area contributed by atoms with Gasteiger partial charge in [-0.25, -0.2) is 9.97 Å². The third-order valence-electron chi connectivity index (χ3n) is 7.10. The van der Waals surface area contributed by atoms with Crippen LogP contribution in [0.5, 0.6) is 0 Å². The van der Waals surface area contributed by atoms with E-state index >= 15 is 0 Å². The van der Waals surface area contributed by atoms with Crippen LogP contribution in [0.15, 0.2) is 30.5 Å². The number of thiophene rings is 1. The van der Waals surface area contributed by atoms with Crippen LogP contribution in [0.25, 0.3) is 32.5 Å². The molecule has 0 unspecified atom stereocenters. The summed E-state index contributed by atoms with van der Waals surface area (Å²) in [4.78, 5) is 16.5. The third kappa shape index (κ3) is 4.11. The number of piperidine rings is 1. The summed E-state index contributed by atoms with van der Waals surface area (Å²) in [7, 11) is 0. The molecule has 0 spiro atoms. The lowest BCUT2D eigenvalue weighted by atomic mass is 9.94. The summed E-state index contributed by atoms with van der Waals surface area (Å²) in [6.45, 7) is 8.92. The molecule has 7 nitrogen and oxygen atoms in total. The molecule has 2 saturated heterocycles. The first kappa shape index (κ1) is 21.0. The zero-order valence-corrected chi connectivity index (χ0v) is 19.9. The molecule has 5 heterocycles. The minimum Gasteiger partial charge on any atom is -0.378 e. The zero-order valence-electron chi connectivity index (χ0n) is 19.1. The fraction of sp³-hybridized carbons (Fsp3) is 0.480. The highest BCUT2D eigenvalue weighted by Crippen LogP contribution is 2.36. The van der Waals surface area contributed by atoms with E-state index in [1.807, 2.05) is 29.7 Å². The van der Waals surface area contributed by atoms with Crippen LogP contribution in [0.2, 0.25) is 0 Å². The van der Waals surface area contributed by atoms with Crippen molar-refractivity contribution in [2.45, 2.75) is 32.7 Å². The lowest BCUT2D eigenvalue weighted by molar-refractivity contribution is 0.122. The smallest absolute Gasteiger partial charge is 0.162 e. The predicted octanol–water partition coefficient (Wildman–Crippen LogP) is 4.69. The van der Waals surface area contributed by atoms with Crippen molar-refractivity contribution in [1.29, 1.82) is 0 Å². The highest BCUT2D eigenvalue weighted by Gasteiger charge is 2.23. The summed E-state index contributed by atoms with van der Waals surface area (Å²) < 4.78 is 6.81. The van der Waals surface area contributed by atoms with Gasteiger partial charge >= 0.3 is 0 Å². The second-order valence-corrected chi connectivity index (χ2v) is 10.3. The number of H-pyrrole nitrogens is 1. The number of hydrogen-bond donors (Lipinski definition) is 1. The molecular weight excluding hydrogens is 432 g/mol. The fourth-order valence-electron chi connectivity index (χ4n) is 5.09. The minimum absolute atomic E-state index is 0.739. The number of fused-ring (bicyclic) bond motifs is 2. The van der Waals surface area contributed by atoms with E-state index in [0.717, 1.165) is 72.4 Å². The zero-order chi connectivity index (χ0) is 22.2. The summed E-state index contributed by atoms with van der Waals surface area (Å²) in [5.74, 6) is 2.71. The molecule has 172 valence electrons. The Morgan fingerprint density at radius 1 is 1.12 bits per heavy atom. The SMILES string of the molecule is CCC1CCN(Cc2cc3nc(-c4cccc5[nH]ncc45)nc(N4CCOCC4)c3s2)CC1. The van der Waals surface area contributed by atoms with Crippen molar-refractivity contribution < 1.29 is 4.74 Å². The maximum absolute atomic E-state index is 5.62. The van der Waals surface area contributed by atoms with Crippen LogP contribution in [0.1, 0.15) is 31.1 Å². The van der Waals surface area contributed by atoms with Crippen molar-refractivity contribution >= 4 is 38.3 Å². The molecule has 2 fully saturated rings. The van der Waals surface area contributed by atoms with Crippen LogP contribution >= 0.6 is 11.3 Å². The number of morpholine rings is 1. The van der Waals surface area contributed by atoms with Gasteiger partial charge in [-0.2, -0.15) is 5.10 Å². The molecule has 0 saturated carbocycles. The first-order chi connectivity index (χ1) is 16.3. The van der Waals surface area contributed by atoms with Crippen LogP contribution in [0.4, 0.5) is 5.82 Å². The molecule has 2 aliphatic heterocycles. The van der Waals surface area contributed by atoms with Crippen LogP contribution in [-0.2, 0) is 11.3 Å². The van der Waals surface area contributed by atoms with Crippen molar-refractivity contribution in [2.24, 2.45) is 5.92 Å². The van der Waals surface area contributed by atoms with Gasteiger partial charge < -0.3 is 9.64 Å². The molecule has 0 bridgehead atoms. The highest BCUT2D eigenvalue weighted by atomic mass is 32.1. The maximum Gasteiger partial charge on any atom is 0.162 e. The number of hydrogen-bond acceptors (Lipinski definition) is 7. The Balaban J connectivity index is 1.39. The number of nitrogens with zero attached hydrogens (tertiary/aromatic N) is 5. The molecule has 1 aromatic carbocycles. The van der Waals surface area contributed by atoms with Gasteiger partial charge in [0.1, 0.15) is 0 Å². The number of anilines is 1. The first-order valence-electron chi connectivity index (χ1n) is 12.1. The second-order valence-electron chi connectivity index (χ2n) is 9.16. The van der Waals surface area contributed by atoms with E-state index in [1.54, 1.807) is 0 Å². The number of benzene rings is 1. The second kappa shape index (κ2) is 9.00. The van der Waals surface area contributed by atoms with Gasteiger partial charge in [-0.05, 0) is 44.0 Å². The molecule has 0 aliphatic carbocycles. The van der Waals surface area contributed by atoms with Gasteiger partial charge in [-0.3, -0.25) is 10.00 Å². The lowest BCUT2D eigenvalue weighted by Gasteiger charge is -2.31. The predicted molar refractivity (Wildman–Crippen MR) is 134 cm³/mol. The molecule has 3 aromatic heterocycles. The van der Waals surface area contributed by atoms with E-state index in [1.165, 1.54) is 41.9 Å². The van der Waals surface area contributed by atoms with Crippen molar-refractivity contribution in [3.05, 3.63) is 35.3 Å². The molecule has 0 atom stereocenters. The van der Waals surface area contributed by atoms with Crippen molar-refractivity contribution in [3.63, 3.8) is 0 Å². The summed E-state index contributed by atoms with van der Waals surface area (Å²) in [5, 5.41) is 8.35. The standard InChI is InChI=1S/C25H30N6OS/c1-2-17-6-8-30(9-7-17)16-18-14-22-23(33-18)25(31-10-12-32-13-11-31)28-24(27-22)19-4-3-5-21-20(19)15-26-29-21/h3-5,14-15,17H,2,6-13,16H2,1H3,(H,26,29). The molecule has 6 rings (SSSR count). The molecule has 4 aromatic rings. The van der Waals surface area contributed by atoms with Crippen LogP contribution in [0, 0.1) is 5.92 Å². The number of ether oxygens (including phenoxy) is 1. The summed E-state index contributed by atoms with van der Waals surface area (Å²) >= 11 is 1.86. The van der Waals surface area contributed by atoms with Gasteiger partial charge in [0.05, 0.1) is 35.1 Å². The molecular formula is C25H30N6OS. The quantitative estimate of drug-likeness (QED) is 0.464. The van der Waals surface area contributed by atoms with Gasteiger partial charge in [0.2, 0.25) is 0 Å². The van der Waals surface area contributed by atoms with Gasteiger partial charge in [-0.15, -0.1) is 11.3 Å². The Morgan fingerprint density at radius 3 is 2.79 bits per heavy atom. The average molecular weight is 463 g/mol. The van der Waals surface area contributed by atoms with E-state index < -0.39 is 0 Å². The normalized spacial score (nSPS) is 18.5. The van der Waals surface area contributed by atoms with Gasteiger partial charge in [0.15, 0.2) is 11.6 Å². The lowest BCUT2D eigenvalue weighted by Crippen LogP contribution is -2.36. The number of aromatic amines is 1. The highest BCUT2D eigenvalue weighted by molar-refractivity contribution is 7.19. The van der Waals surface area contributed by atoms with Crippen LogP contribution in [-0.4, -0.2) is 64.5 Å². The molecule has 8 heteroatoms. The number of nitrogens with one attached hydrogen (secondary N) is 1. The Bertz CT molecular complexity index is 1250. The van der Waals surface area contributed by atoms with E-state index in [2.05, 4.69) is 39.1 Å². The van der Waals surface area contributed by atoms with E-state index in [4.69, 9.17) is 14.7 Å². The van der Waals surface area contributed by atoms with Crippen molar-refractivity contribution in [3.8, 4) is 11.4 Å². The molecule has 0 radical (unpaired) electrons. The van der Waals surface area contributed by atoms with Crippen LogP contribution < -0.4 is 4.90 Å². The monoisotopic (exact) mass is 462 g/mol. The Hall–Kier alpha value is -2.55. The maximum atomic E-state index is 5.62. The number of rotatable bonds is 5. The van der Waals surface area contributed by atoms with Crippen molar-refractivity contribution in [2.75, 3.05) is 44.3 Å². The number of aromatic nitrogens is 4. The van der Waals surface area contributed by atoms with Gasteiger partial charge in [0.25, 0.3) is 0 Å². The number of likely N-dealkylation sites (tertiary alicyclic amines) is 1. The first-order valence-corrected chi connectivity index (χ1v) is 12.9. The van der Waals surface area contributed by atoms with Crippen LogP contribution in [0.3, 0.4) is 0 Å². The fourth-order valence-corrected chi connectivity index (χ4v) is 6.24. The van der Waals surface area contributed by atoms with Gasteiger partial charge in [0, 0.05) is 35.5 Å². The Morgan fingerprint density at radius 2 is 1.97 bits per heavy atom. The average Bonchev–Trinajstić information content (AvgIpc) is 3.51. The molecule has 2 aliphatic rings. The summed E-state index contributed by atoms with van der Waals surface area (Å²) in [6, 6.07) is 8.46.